The number of carbonyl (C=O) groups excluding carboxylic acids is 2. The Bertz CT molecular complexity index is 977. The lowest BCUT2D eigenvalue weighted by molar-refractivity contribution is -0.396. The molecule has 0 aliphatic heterocycles. The Hall–Kier alpha value is -3.11. The molecular formula is C21H29FN2O16. The average molecular weight is 584 g/mol. The zero-order chi connectivity index (χ0) is 30.7. The number of halogens is 1. The van der Waals surface area contributed by atoms with E-state index in [0.29, 0.717) is 6.07 Å². The van der Waals surface area contributed by atoms with Crippen LogP contribution in [0, 0.1) is 26.0 Å². The number of aliphatic hydroxyl groups excluding tert-OH is 8. The highest BCUT2D eigenvalue weighted by atomic mass is 19.1. The van der Waals surface area contributed by atoms with E-state index >= 15 is 0 Å². The predicted octanol–water partition coefficient (Wildman–Crippen LogP) is -3.96. The number of nitrogens with zero attached hydrogens (tertiary/aromatic N) is 2. The van der Waals surface area contributed by atoms with E-state index in [4.69, 9.17) is 9.47 Å². The predicted molar refractivity (Wildman–Crippen MR) is 124 cm³/mol. The van der Waals surface area contributed by atoms with Gasteiger partial charge in [0.25, 0.3) is 5.69 Å². The molecule has 226 valence electrons. The second-order valence-corrected chi connectivity index (χ2v) is 8.40. The van der Waals surface area contributed by atoms with E-state index in [0.717, 1.165) is 0 Å². The molecule has 19 heteroatoms. The number of carbonyl (C=O) groups is 2. The monoisotopic (exact) mass is 584 g/mol. The number of aliphatic hydroxyl groups is 8. The van der Waals surface area contributed by atoms with Gasteiger partial charge in [0.2, 0.25) is 5.82 Å². The van der Waals surface area contributed by atoms with Crippen LogP contribution < -0.4 is 0 Å². The van der Waals surface area contributed by atoms with E-state index in [2.05, 4.69) is 0 Å². The van der Waals surface area contributed by atoms with Crippen molar-refractivity contribution in [2.45, 2.75) is 54.7 Å². The Kier molecular flexibility index (Phi) is 14.2. The van der Waals surface area contributed by atoms with Crippen molar-refractivity contribution in [3.8, 4) is 0 Å². The summed E-state index contributed by atoms with van der Waals surface area (Å²) in [6, 6.07) is 0.643. The van der Waals surface area contributed by atoms with Gasteiger partial charge >= 0.3 is 5.69 Å². The number of hydrogen-bond donors (Lipinski definition) is 8. The van der Waals surface area contributed by atoms with Gasteiger partial charge in [-0.3, -0.25) is 20.2 Å². The highest BCUT2D eigenvalue weighted by Gasteiger charge is 2.37. The lowest BCUT2D eigenvalue weighted by Crippen LogP contribution is -2.49. The summed E-state index contributed by atoms with van der Waals surface area (Å²) in [4.78, 5) is 42.1. The molecule has 0 fully saturated rings. The molecule has 9 atom stereocenters. The molecule has 0 amide bonds. The lowest BCUT2D eigenvalue weighted by atomic mass is 9.96. The van der Waals surface area contributed by atoms with Gasteiger partial charge in [-0.2, -0.15) is 4.39 Å². The topological polar surface area (TPSA) is 301 Å². The molecule has 0 spiro atoms. The molecule has 18 nitrogen and oxygen atoms in total. The van der Waals surface area contributed by atoms with Crippen molar-refractivity contribution in [1.82, 2.24) is 0 Å². The maximum Gasteiger partial charge on any atom is 0.311 e. The van der Waals surface area contributed by atoms with E-state index in [1.54, 1.807) is 0 Å². The minimum Gasteiger partial charge on any atom is -0.394 e. The Balaban J connectivity index is 3.58. The van der Waals surface area contributed by atoms with Crippen molar-refractivity contribution in [3.63, 3.8) is 0 Å². The maximum atomic E-state index is 14.5. The Morgan fingerprint density at radius 2 is 1.18 bits per heavy atom. The fourth-order valence-corrected chi connectivity index (χ4v) is 3.51. The van der Waals surface area contributed by atoms with Crippen molar-refractivity contribution in [2.24, 2.45) is 0 Å². The van der Waals surface area contributed by atoms with Crippen LogP contribution in [0.1, 0.15) is 11.5 Å². The first kappa shape index (κ1) is 34.9. The molecule has 0 aliphatic rings. The van der Waals surface area contributed by atoms with Crippen LogP contribution in [-0.2, 0) is 19.1 Å². The van der Waals surface area contributed by atoms with Crippen LogP contribution in [0.25, 0.3) is 0 Å². The largest absolute Gasteiger partial charge is 0.394 e. The minimum absolute atomic E-state index is 0.136. The second kappa shape index (κ2) is 16.2. The normalized spacial score (nSPS) is 18.4. The number of nitro benzene ring substituents is 2. The highest BCUT2D eigenvalue weighted by Crippen LogP contribution is 2.34. The van der Waals surface area contributed by atoms with Gasteiger partial charge in [0.05, 0.1) is 42.3 Å². The summed E-state index contributed by atoms with van der Waals surface area (Å²) in [5.74, 6) is -3.18. The van der Waals surface area contributed by atoms with Gasteiger partial charge in [-0.1, -0.05) is 0 Å². The third-order valence-electron chi connectivity index (χ3n) is 5.69. The summed E-state index contributed by atoms with van der Waals surface area (Å²) < 4.78 is 25.1. The van der Waals surface area contributed by atoms with Gasteiger partial charge < -0.3 is 59.9 Å². The molecule has 0 aliphatic carbocycles. The van der Waals surface area contributed by atoms with Crippen molar-refractivity contribution in [1.29, 1.82) is 0 Å². The molecule has 1 aromatic carbocycles. The summed E-state index contributed by atoms with van der Waals surface area (Å²) >= 11 is 0. The molecule has 1 rings (SSSR count). The zero-order valence-electron chi connectivity index (χ0n) is 20.5. The van der Waals surface area contributed by atoms with Crippen molar-refractivity contribution in [2.75, 3.05) is 26.4 Å². The number of benzene rings is 1. The van der Waals surface area contributed by atoms with Gasteiger partial charge in [-0.15, -0.1) is 0 Å². The highest BCUT2D eigenvalue weighted by molar-refractivity contribution is 5.57. The van der Waals surface area contributed by atoms with Gasteiger partial charge in [0.1, 0.15) is 48.8 Å². The van der Waals surface area contributed by atoms with Crippen molar-refractivity contribution in [3.05, 3.63) is 43.7 Å². The fourth-order valence-electron chi connectivity index (χ4n) is 3.51. The molecule has 40 heavy (non-hydrogen) atoms. The summed E-state index contributed by atoms with van der Waals surface area (Å²) in [6.45, 7) is -4.03. The quantitative estimate of drug-likeness (QED) is 0.0437. The fraction of sp³-hybridized carbons (Fsp3) is 0.619. The molecule has 0 saturated carbocycles. The molecule has 0 heterocycles. The Morgan fingerprint density at radius 3 is 1.50 bits per heavy atom. The third-order valence-corrected chi connectivity index (χ3v) is 5.69. The third kappa shape index (κ3) is 8.96. The molecule has 1 aromatic rings. The van der Waals surface area contributed by atoms with Crippen LogP contribution in [0.3, 0.4) is 0 Å². The Morgan fingerprint density at radius 1 is 0.775 bits per heavy atom. The molecular weight excluding hydrogens is 555 g/mol. The maximum absolute atomic E-state index is 14.5. The molecule has 0 saturated heterocycles. The Labute approximate surface area is 223 Å². The molecule has 0 aromatic heterocycles. The van der Waals surface area contributed by atoms with Gasteiger partial charge in [-0.05, 0) is 6.07 Å². The standard InChI is InChI=1S/C21H29FN2O16/c22-11-1-10(12(23(35)36)2-13(11)24(37)38)9(7-39-20(16(31)5-27)18(33)14(29)3-25)8-40-21(17(32)6-28)19(34)15(30)4-26/h1-4,9,14-21,27-34H,5-8H2/t9?,14-,15-,16-,17-,18-,19-,20-,21?/m1/s1. The number of ether oxygens (including phenoxy) is 2. The van der Waals surface area contributed by atoms with Crippen molar-refractivity contribution >= 4 is 23.9 Å². The summed E-state index contributed by atoms with van der Waals surface area (Å²) in [7, 11) is 0. The van der Waals surface area contributed by atoms with Crippen molar-refractivity contribution < 1.29 is 74.2 Å². The van der Waals surface area contributed by atoms with Crippen LogP contribution in [-0.4, -0.2) is 139 Å². The molecule has 2 unspecified atom stereocenters. The number of rotatable bonds is 19. The summed E-state index contributed by atoms with van der Waals surface area (Å²) in [5.41, 5.74) is -2.99. The first-order valence-corrected chi connectivity index (χ1v) is 11.3. The van der Waals surface area contributed by atoms with Crippen LogP contribution >= 0.6 is 0 Å². The first-order valence-electron chi connectivity index (χ1n) is 11.3. The number of aldehydes is 2. The van der Waals surface area contributed by atoms with Crippen LogP contribution in [0.4, 0.5) is 15.8 Å². The molecule has 0 bridgehead atoms. The van der Waals surface area contributed by atoms with Gasteiger partial charge in [0.15, 0.2) is 12.6 Å². The van der Waals surface area contributed by atoms with Crippen LogP contribution in [0.15, 0.2) is 12.1 Å². The van der Waals surface area contributed by atoms with E-state index in [1.807, 2.05) is 0 Å². The average Bonchev–Trinajstić information content (AvgIpc) is 2.93. The number of hydrogen-bond acceptors (Lipinski definition) is 16. The SMILES string of the molecule is O=C[C@@H](O)[C@@H](O)[C@H](OCC(COC([C@H](O)CO)[C@H](O)[C@H](O)C=O)c1cc(F)c([N+](=O)[O-])cc1[N+](=O)[O-])[C@H](O)CO. The minimum atomic E-state index is -2.17. The smallest absolute Gasteiger partial charge is 0.311 e. The second-order valence-electron chi connectivity index (χ2n) is 8.40. The molecule has 0 radical (unpaired) electrons. The first-order chi connectivity index (χ1) is 18.7. The van der Waals surface area contributed by atoms with Gasteiger partial charge in [0, 0.05) is 11.5 Å². The van der Waals surface area contributed by atoms with Gasteiger partial charge in [-0.25, -0.2) is 0 Å². The van der Waals surface area contributed by atoms with E-state index in [9.17, 15) is 75.1 Å². The van der Waals surface area contributed by atoms with Crippen LogP contribution in [0.2, 0.25) is 0 Å². The summed E-state index contributed by atoms with van der Waals surface area (Å²) in [6.07, 6.45) is -16.7. The zero-order valence-corrected chi connectivity index (χ0v) is 20.5. The summed E-state index contributed by atoms with van der Waals surface area (Å²) in [5, 5.41) is 101. The van der Waals surface area contributed by atoms with E-state index in [1.165, 1.54) is 0 Å². The molecule has 8 N–H and O–H groups in total. The van der Waals surface area contributed by atoms with E-state index < -0.39 is 114 Å². The number of nitro groups is 2. The van der Waals surface area contributed by atoms with Crippen LogP contribution in [0.5, 0.6) is 0 Å². The lowest BCUT2D eigenvalue weighted by Gasteiger charge is -2.32. The van der Waals surface area contributed by atoms with E-state index in [-0.39, 0.29) is 18.6 Å².